The monoisotopic (exact) mass is 525 g/mol. The molecule has 1 amide bonds. The number of nitrogens with one attached hydrogen (secondary N) is 1. The van der Waals surface area contributed by atoms with E-state index in [4.69, 9.17) is 9.47 Å². The highest BCUT2D eigenvalue weighted by Crippen LogP contribution is 2.30. The van der Waals surface area contributed by atoms with Crippen LogP contribution in [0.5, 0.6) is 11.5 Å². The number of non-ortho nitro benzene ring substituents is 1. The number of hydrogen-bond donors (Lipinski definition) is 1. The van der Waals surface area contributed by atoms with Gasteiger partial charge in [0.1, 0.15) is 11.5 Å². The average molecular weight is 526 g/mol. The standard InChI is InChI=1S/C24H20BrN3O6/c1-15-11-16(2)23(21(25)12-15)33-14-22(29)27-26-13-17-3-9-20(10-4-17)34-24(30)18-5-7-19(8-6-18)28(31)32/h3-13H,14H2,1-2H3,(H,27,29)/b26-13-. The van der Waals surface area contributed by atoms with Crippen molar-refractivity contribution in [3.63, 3.8) is 0 Å². The second-order valence-corrected chi connectivity index (χ2v) is 8.09. The van der Waals surface area contributed by atoms with E-state index in [0.29, 0.717) is 11.3 Å². The molecule has 3 rings (SSSR count). The van der Waals surface area contributed by atoms with Gasteiger partial charge in [-0.25, -0.2) is 10.2 Å². The Hall–Kier alpha value is -4.05. The van der Waals surface area contributed by atoms with Gasteiger partial charge in [-0.05, 0) is 88.9 Å². The number of carbonyl (C=O) groups excluding carboxylic acids is 2. The highest BCUT2D eigenvalue weighted by Gasteiger charge is 2.12. The molecule has 0 spiro atoms. The van der Waals surface area contributed by atoms with Crippen LogP contribution < -0.4 is 14.9 Å². The van der Waals surface area contributed by atoms with Gasteiger partial charge in [0.05, 0.1) is 21.2 Å². The van der Waals surface area contributed by atoms with Crippen molar-refractivity contribution < 1.29 is 24.0 Å². The highest BCUT2D eigenvalue weighted by atomic mass is 79.9. The molecule has 0 fully saturated rings. The van der Waals surface area contributed by atoms with Crippen LogP contribution >= 0.6 is 15.9 Å². The number of carbonyl (C=O) groups is 2. The quantitative estimate of drug-likeness (QED) is 0.149. The summed E-state index contributed by atoms with van der Waals surface area (Å²) in [6.07, 6.45) is 1.44. The highest BCUT2D eigenvalue weighted by molar-refractivity contribution is 9.10. The molecule has 0 atom stereocenters. The van der Waals surface area contributed by atoms with Crippen LogP contribution in [0.25, 0.3) is 0 Å². The van der Waals surface area contributed by atoms with Gasteiger partial charge in [-0.1, -0.05) is 6.07 Å². The Kier molecular flexibility index (Phi) is 8.10. The van der Waals surface area contributed by atoms with Crippen molar-refractivity contribution in [3.8, 4) is 11.5 Å². The molecule has 10 heteroatoms. The third kappa shape index (κ3) is 6.72. The average Bonchev–Trinajstić information content (AvgIpc) is 2.79. The number of benzene rings is 3. The molecule has 174 valence electrons. The van der Waals surface area contributed by atoms with Crippen molar-refractivity contribution >= 4 is 39.7 Å². The first-order valence-corrected chi connectivity index (χ1v) is 10.8. The zero-order valence-electron chi connectivity index (χ0n) is 18.3. The summed E-state index contributed by atoms with van der Waals surface area (Å²) in [6.45, 7) is 3.67. The molecule has 0 aliphatic rings. The van der Waals surface area contributed by atoms with Crippen molar-refractivity contribution in [2.24, 2.45) is 5.10 Å². The van der Waals surface area contributed by atoms with E-state index in [2.05, 4.69) is 26.5 Å². The normalized spacial score (nSPS) is 10.7. The fourth-order valence-corrected chi connectivity index (χ4v) is 3.73. The van der Waals surface area contributed by atoms with Crippen LogP contribution in [-0.4, -0.2) is 29.6 Å². The van der Waals surface area contributed by atoms with E-state index < -0.39 is 16.8 Å². The number of ether oxygens (including phenoxy) is 2. The Bertz CT molecular complexity index is 1220. The molecule has 3 aromatic rings. The van der Waals surface area contributed by atoms with Crippen LogP contribution in [0.1, 0.15) is 27.0 Å². The Balaban J connectivity index is 1.49. The summed E-state index contributed by atoms with van der Waals surface area (Å²) in [7, 11) is 0. The zero-order chi connectivity index (χ0) is 24.7. The lowest BCUT2D eigenvalue weighted by atomic mass is 10.1. The predicted molar refractivity (Wildman–Crippen MR) is 129 cm³/mol. The number of halogens is 1. The van der Waals surface area contributed by atoms with Gasteiger partial charge < -0.3 is 9.47 Å². The summed E-state index contributed by atoms with van der Waals surface area (Å²) in [6, 6.07) is 15.4. The second kappa shape index (κ2) is 11.2. The van der Waals surface area contributed by atoms with E-state index >= 15 is 0 Å². The number of aryl methyl sites for hydroxylation is 2. The van der Waals surface area contributed by atoms with Crippen LogP contribution in [0.2, 0.25) is 0 Å². The maximum absolute atomic E-state index is 12.2. The van der Waals surface area contributed by atoms with Crippen LogP contribution in [0.15, 0.2) is 70.2 Å². The van der Waals surface area contributed by atoms with E-state index in [1.165, 1.54) is 30.5 Å². The summed E-state index contributed by atoms with van der Waals surface area (Å²) < 4.78 is 11.6. The molecular weight excluding hydrogens is 506 g/mol. The fraction of sp³-hybridized carbons (Fsp3) is 0.125. The molecule has 0 aromatic heterocycles. The molecule has 0 aliphatic heterocycles. The van der Waals surface area contributed by atoms with Gasteiger partial charge in [0.15, 0.2) is 6.61 Å². The SMILES string of the molecule is Cc1cc(C)c(OCC(=O)N/N=C\c2ccc(OC(=O)c3ccc([N+](=O)[O-])cc3)cc2)c(Br)c1. The van der Waals surface area contributed by atoms with E-state index in [1.807, 2.05) is 26.0 Å². The number of esters is 1. The number of nitro benzene ring substituents is 1. The zero-order valence-corrected chi connectivity index (χ0v) is 19.9. The fourth-order valence-electron chi connectivity index (χ4n) is 2.94. The first-order valence-electron chi connectivity index (χ1n) is 10.0. The smallest absolute Gasteiger partial charge is 0.343 e. The minimum Gasteiger partial charge on any atom is -0.482 e. The molecule has 0 aliphatic carbocycles. The summed E-state index contributed by atoms with van der Waals surface area (Å²) in [5.74, 6) is -0.170. The van der Waals surface area contributed by atoms with Crippen molar-refractivity contribution in [1.82, 2.24) is 5.43 Å². The molecule has 9 nitrogen and oxygen atoms in total. The first-order chi connectivity index (χ1) is 16.2. The van der Waals surface area contributed by atoms with Crippen molar-refractivity contribution in [3.05, 3.63) is 97.5 Å². The van der Waals surface area contributed by atoms with Crippen molar-refractivity contribution in [2.45, 2.75) is 13.8 Å². The number of nitrogens with zero attached hydrogens (tertiary/aromatic N) is 2. The molecule has 0 unspecified atom stereocenters. The molecular formula is C24H20BrN3O6. The topological polar surface area (TPSA) is 120 Å². The summed E-state index contributed by atoms with van der Waals surface area (Å²) >= 11 is 3.43. The van der Waals surface area contributed by atoms with Crippen LogP contribution in [0.4, 0.5) is 5.69 Å². The Labute approximate surface area is 203 Å². The maximum Gasteiger partial charge on any atom is 0.343 e. The molecule has 0 saturated carbocycles. The van der Waals surface area contributed by atoms with Crippen LogP contribution in [0.3, 0.4) is 0 Å². The molecule has 0 saturated heterocycles. The van der Waals surface area contributed by atoms with Gasteiger partial charge in [-0.3, -0.25) is 14.9 Å². The van der Waals surface area contributed by atoms with Gasteiger partial charge >= 0.3 is 5.97 Å². The van der Waals surface area contributed by atoms with E-state index in [9.17, 15) is 19.7 Å². The molecule has 3 aromatic carbocycles. The number of amides is 1. The molecule has 0 bridgehead atoms. The lowest BCUT2D eigenvalue weighted by Gasteiger charge is -2.11. The number of nitro groups is 1. The third-order valence-corrected chi connectivity index (χ3v) is 5.12. The number of rotatable bonds is 8. The number of hydrogen-bond acceptors (Lipinski definition) is 7. The van der Waals surface area contributed by atoms with Crippen molar-refractivity contribution in [1.29, 1.82) is 0 Å². The first kappa shape index (κ1) is 24.6. The second-order valence-electron chi connectivity index (χ2n) is 7.24. The summed E-state index contributed by atoms with van der Waals surface area (Å²) in [4.78, 5) is 34.3. The van der Waals surface area contributed by atoms with Crippen LogP contribution in [0, 0.1) is 24.0 Å². The minimum absolute atomic E-state index is 0.114. The van der Waals surface area contributed by atoms with Gasteiger partial charge in [-0.15, -0.1) is 0 Å². The van der Waals surface area contributed by atoms with E-state index in [0.717, 1.165) is 15.6 Å². The van der Waals surface area contributed by atoms with Gasteiger partial charge in [0.2, 0.25) is 0 Å². The van der Waals surface area contributed by atoms with Crippen LogP contribution in [-0.2, 0) is 4.79 Å². The Morgan fingerprint density at radius 3 is 2.38 bits per heavy atom. The maximum atomic E-state index is 12.2. The lowest BCUT2D eigenvalue weighted by Crippen LogP contribution is -2.24. The summed E-state index contributed by atoms with van der Waals surface area (Å²) in [5.41, 5.74) is 5.12. The van der Waals surface area contributed by atoms with Gasteiger partial charge in [0, 0.05) is 12.1 Å². The third-order valence-electron chi connectivity index (χ3n) is 4.53. The predicted octanol–water partition coefficient (Wildman–Crippen LogP) is 4.72. The Morgan fingerprint density at radius 1 is 1.09 bits per heavy atom. The molecule has 0 radical (unpaired) electrons. The van der Waals surface area contributed by atoms with Gasteiger partial charge in [0.25, 0.3) is 11.6 Å². The largest absolute Gasteiger partial charge is 0.482 e. The number of hydrazone groups is 1. The van der Waals surface area contributed by atoms with E-state index in [1.54, 1.807) is 24.3 Å². The lowest BCUT2D eigenvalue weighted by molar-refractivity contribution is -0.384. The van der Waals surface area contributed by atoms with E-state index in [-0.39, 0.29) is 23.6 Å². The minimum atomic E-state index is -0.640. The molecule has 1 N–H and O–H groups in total. The summed E-state index contributed by atoms with van der Waals surface area (Å²) in [5, 5.41) is 14.6. The molecule has 34 heavy (non-hydrogen) atoms. The molecule has 0 heterocycles. The van der Waals surface area contributed by atoms with Crippen molar-refractivity contribution in [2.75, 3.05) is 6.61 Å². The Morgan fingerprint density at radius 2 is 1.76 bits per heavy atom. The van der Waals surface area contributed by atoms with Gasteiger partial charge in [-0.2, -0.15) is 5.10 Å².